The lowest BCUT2D eigenvalue weighted by Crippen LogP contribution is -1.95. The van der Waals surface area contributed by atoms with Crippen molar-refractivity contribution >= 4 is 17.4 Å². The molecule has 0 N–H and O–H groups in total. The van der Waals surface area contributed by atoms with Crippen LogP contribution in [0.4, 0.5) is 11.4 Å². The molecule has 0 spiro atoms. The third kappa shape index (κ3) is 8.83. The van der Waals surface area contributed by atoms with E-state index in [9.17, 15) is 0 Å². The highest BCUT2D eigenvalue weighted by Crippen LogP contribution is 2.23. The Bertz CT molecular complexity index is 776. The molecule has 0 aliphatic heterocycles. The SMILES string of the molecule is CCCCc1ccc(N=C=Nc2ccc(CCCC)c(CCCC)c2)cc1CCCC. The molecule has 0 unspecified atom stereocenters. The van der Waals surface area contributed by atoms with Crippen LogP contribution >= 0.6 is 0 Å². The van der Waals surface area contributed by atoms with Gasteiger partial charge in [-0.2, -0.15) is 9.98 Å². The molecule has 0 heterocycles. The summed E-state index contributed by atoms with van der Waals surface area (Å²) in [4.78, 5) is 9.08. The zero-order valence-corrected chi connectivity index (χ0v) is 20.3. The number of unbranched alkanes of at least 4 members (excludes halogenated alkanes) is 4. The van der Waals surface area contributed by atoms with Crippen molar-refractivity contribution in [3.63, 3.8) is 0 Å². The molecule has 0 saturated heterocycles. The molecule has 2 aromatic rings. The Morgan fingerprint density at radius 1 is 0.516 bits per heavy atom. The van der Waals surface area contributed by atoms with Gasteiger partial charge in [-0.05, 0) is 97.9 Å². The van der Waals surface area contributed by atoms with E-state index in [-0.39, 0.29) is 0 Å². The molecule has 0 amide bonds. The number of rotatable bonds is 14. The molecule has 168 valence electrons. The van der Waals surface area contributed by atoms with Gasteiger partial charge in [-0.3, -0.25) is 0 Å². The van der Waals surface area contributed by atoms with Crippen LogP contribution in [-0.4, -0.2) is 6.01 Å². The molecule has 2 rings (SSSR count). The third-order valence-electron chi connectivity index (χ3n) is 5.94. The lowest BCUT2D eigenvalue weighted by atomic mass is 9.97. The molecule has 0 atom stereocenters. The smallest absolute Gasteiger partial charge is 0.100 e. The monoisotopic (exact) mass is 418 g/mol. The molecule has 2 nitrogen and oxygen atoms in total. The first-order chi connectivity index (χ1) is 15.2. The van der Waals surface area contributed by atoms with E-state index in [0.717, 1.165) is 24.2 Å². The van der Waals surface area contributed by atoms with E-state index >= 15 is 0 Å². The Hall–Kier alpha value is -2.18. The van der Waals surface area contributed by atoms with E-state index in [1.807, 2.05) is 0 Å². The molecule has 31 heavy (non-hydrogen) atoms. The van der Waals surface area contributed by atoms with E-state index in [1.54, 1.807) is 0 Å². The van der Waals surface area contributed by atoms with Crippen molar-refractivity contribution in [2.24, 2.45) is 9.98 Å². The predicted octanol–water partition coefficient (Wildman–Crippen LogP) is 9.19. The first kappa shape index (κ1) is 25.1. The second-order valence-electron chi connectivity index (χ2n) is 8.64. The maximum absolute atomic E-state index is 4.54. The van der Waals surface area contributed by atoms with Crippen molar-refractivity contribution in [1.82, 2.24) is 0 Å². The van der Waals surface area contributed by atoms with E-state index in [0.29, 0.717) is 0 Å². The minimum absolute atomic E-state index is 0.959. The summed E-state index contributed by atoms with van der Waals surface area (Å²) >= 11 is 0. The van der Waals surface area contributed by atoms with Gasteiger partial charge in [0.15, 0.2) is 0 Å². The molecule has 2 heteroatoms. The van der Waals surface area contributed by atoms with Gasteiger partial charge in [0.2, 0.25) is 0 Å². The van der Waals surface area contributed by atoms with E-state index in [4.69, 9.17) is 0 Å². The summed E-state index contributed by atoms with van der Waals surface area (Å²) in [5.74, 6) is 0. The van der Waals surface area contributed by atoms with Gasteiger partial charge in [-0.25, -0.2) is 0 Å². The second-order valence-corrected chi connectivity index (χ2v) is 8.64. The maximum Gasteiger partial charge on any atom is 0.100 e. The molecule has 0 bridgehead atoms. The molecule has 0 fully saturated rings. The molecule has 0 aliphatic rings. The normalized spacial score (nSPS) is 10.7. The summed E-state index contributed by atoms with van der Waals surface area (Å²) in [7, 11) is 0. The van der Waals surface area contributed by atoms with Crippen molar-refractivity contribution in [3.8, 4) is 0 Å². The standard InChI is InChI=1S/C29H42N2/c1-5-9-13-24-17-19-28(21-26(24)15-11-7-3)30-23-31-29-20-18-25(14-10-6-2)27(22-29)16-12-8-4/h17-22H,5-16H2,1-4H3. The molecule has 2 aromatic carbocycles. The van der Waals surface area contributed by atoms with Crippen LogP contribution in [0.1, 0.15) is 101 Å². The van der Waals surface area contributed by atoms with Crippen LogP contribution in [0, 0.1) is 0 Å². The van der Waals surface area contributed by atoms with Crippen LogP contribution < -0.4 is 0 Å². The number of benzene rings is 2. The fourth-order valence-corrected chi connectivity index (χ4v) is 3.93. The first-order valence-corrected chi connectivity index (χ1v) is 12.6. The summed E-state index contributed by atoms with van der Waals surface area (Å²) in [5, 5.41) is 0. The van der Waals surface area contributed by atoms with Crippen LogP contribution in [0.25, 0.3) is 0 Å². The summed E-state index contributed by atoms with van der Waals surface area (Å²) in [6.45, 7) is 9.01. The van der Waals surface area contributed by atoms with Crippen molar-refractivity contribution in [2.75, 3.05) is 0 Å². The molecule has 0 aromatic heterocycles. The van der Waals surface area contributed by atoms with Crippen molar-refractivity contribution in [3.05, 3.63) is 58.7 Å². The fourth-order valence-electron chi connectivity index (χ4n) is 3.93. The van der Waals surface area contributed by atoms with Crippen molar-refractivity contribution in [2.45, 2.75) is 105 Å². The quantitative estimate of drug-likeness (QED) is 0.273. The Morgan fingerprint density at radius 3 is 1.23 bits per heavy atom. The van der Waals surface area contributed by atoms with E-state index in [2.05, 4.69) is 80.1 Å². The number of aryl methyl sites for hydroxylation is 4. The lowest BCUT2D eigenvalue weighted by Gasteiger charge is -2.10. The minimum atomic E-state index is 0.959. The highest BCUT2D eigenvalue weighted by molar-refractivity contribution is 5.59. The number of nitrogens with zero attached hydrogens (tertiary/aromatic N) is 2. The Morgan fingerprint density at radius 2 is 0.871 bits per heavy atom. The predicted molar refractivity (Wildman–Crippen MR) is 137 cm³/mol. The average molecular weight is 419 g/mol. The molecule has 0 radical (unpaired) electrons. The Balaban J connectivity index is 2.20. The van der Waals surface area contributed by atoms with Crippen LogP contribution in [-0.2, 0) is 25.7 Å². The maximum atomic E-state index is 4.54. The van der Waals surface area contributed by atoms with Gasteiger partial charge in [-0.1, -0.05) is 65.5 Å². The number of hydrogen-bond acceptors (Lipinski definition) is 2. The zero-order valence-electron chi connectivity index (χ0n) is 20.3. The third-order valence-corrected chi connectivity index (χ3v) is 5.94. The molecule has 0 saturated carbocycles. The van der Waals surface area contributed by atoms with Crippen LogP contribution in [0.2, 0.25) is 0 Å². The van der Waals surface area contributed by atoms with E-state index in [1.165, 1.54) is 86.5 Å². The number of aliphatic imine (C=N–C) groups is 2. The van der Waals surface area contributed by atoms with Crippen LogP contribution in [0.5, 0.6) is 0 Å². The highest BCUT2D eigenvalue weighted by Gasteiger charge is 2.05. The van der Waals surface area contributed by atoms with Crippen LogP contribution in [0.15, 0.2) is 46.4 Å². The fraction of sp³-hybridized carbons (Fsp3) is 0.552. The van der Waals surface area contributed by atoms with Crippen molar-refractivity contribution in [1.29, 1.82) is 0 Å². The van der Waals surface area contributed by atoms with Gasteiger partial charge < -0.3 is 0 Å². The molecular formula is C29H42N2. The van der Waals surface area contributed by atoms with Gasteiger partial charge in [0.05, 0.1) is 11.4 Å². The Kier molecular flexibility index (Phi) is 11.9. The topological polar surface area (TPSA) is 24.7 Å². The summed E-state index contributed by atoms with van der Waals surface area (Å²) in [5.41, 5.74) is 7.77. The largest absolute Gasteiger partial charge is 0.188 e. The van der Waals surface area contributed by atoms with Gasteiger partial charge >= 0.3 is 0 Å². The minimum Gasteiger partial charge on any atom is -0.188 e. The zero-order chi connectivity index (χ0) is 22.3. The summed E-state index contributed by atoms with van der Waals surface area (Å²) < 4.78 is 0. The van der Waals surface area contributed by atoms with Crippen molar-refractivity contribution < 1.29 is 0 Å². The molecule has 0 aliphatic carbocycles. The van der Waals surface area contributed by atoms with E-state index < -0.39 is 0 Å². The second kappa shape index (κ2) is 14.8. The lowest BCUT2D eigenvalue weighted by molar-refractivity contribution is 0.758. The molecular weight excluding hydrogens is 376 g/mol. The van der Waals surface area contributed by atoms with Crippen LogP contribution in [0.3, 0.4) is 0 Å². The highest BCUT2D eigenvalue weighted by atomic mass is 14.8. The van der Waals surface area contributed by atoms with Gasteiger partial charge in [0.1, 0.15) is 6.01 Å². The summed E-state index contributed by atoms with van der Waals surface area (Å²) in [6, 6.07) is 16.2. The Labute approximate surface area is 190 Å². The first-order valence-electron chi connectivity index (χ1n) is 12.6. The van der Waals surface area contributed by atoms with Gasteiger partial charge in [-0.15, -0.1) is 0 Å². The van der Waals surface area contributed by atoms with Gasteiger partial charge in [0.25, 0.3) is 0 Å². The average Bonchev–Trinajstić information content (AvgIpc) is 2.80. The number of hydrogen-bond donors (Lipinski definition) is 0. The van der Waals surface area contributed by atoms with Gasteiger partial charge in [0, 0.05) is 0 Å². The summed E-state index contributed by atoms with van der Waals surface area (Å²) in [6.07, 6.45) is 14.5.